The summed E-state index contributed by atoms with van der Waals surface area (Å²) < 4.78 is 0. The Morgan fingerprint density at radius 3 is 2.95 bits per heavy atom. The minimum absolute atomic E-state index is 0.488. The van der Waals surface area contributed by atoms with E-state index >= 15 is 0 Å². The molecule has 2 heterocycles. The zero-order valence-electron chi connectivity index (χ0n) is 10.8. The van der Waals surface area contributed by atoms with Crippen LogP contribution in [0, 0.1) is 0 Å². The molecular weight excluding hydrogens is 240 g/mol. The fourth-order valence-electron chi connectivity index (χ4n) is 2.40. The summed E-state index contributed by atoms with van der Waals surface area (Å²) in [6, 6.07) is 3.91. The van der Waals surface area contributed by atoms with Gasteiger partial charge in [-0.05, 0) is 31.4 Å². The van der Waals surface area contributed by atoms with E-state index in [-0.39, 0.29) is 0 Å². The van der Waals surface area contributed by atoms with Crippen LogP contribution in [0.15, 0.2) is 30.7 Å². The lowest BCUT2D eigenvalue weighted by atomic mass is 9.80. The Morgan fingerprint density at radius 1 is 1.37 bits per heavy atom. The summed E-state index contributed by atoms with van der Waals surface area (Å²) in [5.41, 5.74) is 2.62. The molecule has 0 bridgehead atoms. The van der Waals surface area contributed by atoms with Gasteiger partial charge in [0, 0.05) is 36.6 Å². The smallest absolute Gasteiger partial charge is 0.0771 e. The minimum Gasteiger partial charge on any atom is -0.389 e. The van der Waals surface area contributed by atoms with Crippen molar-refractivity contribution in [2.45, 2.75) is 31.4 Å². The van der Waals surface area contributed by atoms with Crippen LogP contribution in [-0.2, 0) is 6.54 Å². The van der Waals surface area contributed by atoms with Gasteiger partial charge in [0.1, 0.15) is 0 Å². The molecule has 3 rings (SSSR count). The van der Waals surface area contributed by atoms with Gasteiger partial charge in [0.2, 0.25) is 0 Å². The van der Waals surface area contributed by atoms with Crippen LogP contribution in [0.2, 0.25) is 0 Å². The lowest BCUT2D eigenvalue weighted by molar-refractivity contribution is -0.0314. The summed E-state index contributed by atoms with van der Waals surface area (Å²) in [6.07, 6.45) is 8.33. The monoisotopic (exact) mass is 258 g/mol. The van der Waals surface area contributed by atoms with Gasteiger partial charge in [0.25, 0.3) is 0 Å². The topological polar surface area (TPSA) is 73.8 Å². The van der Waals surface area contributed by atoms with E-state index in [1.54, 1.807) is 6.20 Å². The molecule has 1 fully saturated rings. The summed E-state index contributed by atoms with van der Waals surface area (Å²) in [7, 11) is 0. The van der Waals surface area contributed by atoms with Crippen molar-refractivity contribution in [3.05, 3.63) is 36.3 Å². The highest BCUT2D eigenvalue weighted by Gasteiger charge is 2.33. The van der Waals surface area contributed by atoms with Gasteiger partial charge in [-0.1, -0.05) is 0 Å². The highest BCUT2D eigenvalue weighted by atomic mass is 16.3. The number of nitrogens with zero attached hydrogens (tertiary/aromatic N) is 2. The predicted octanol–water partition coefficient (Wildman–Crippen LogP) is 1.48. The Kier molecular flexibility index (Phi) is 3.31. The van der Waals surface area contributed by atoms with Crippen LogP contribution in [0.5, 0.6) is 0 Å². The second-order valence-corrected chi connectivity index (χ2v) is 5.19. The maximum Gasteiger partial charge on any atom is 0.0771 e. The average molecular weight is 258 g/mol. The van der Waals surface area contributed by atoms with Gasteiger partial charge in [-0.2, -0.15) is 5.10 Å². The van der Waals surface area contributed by atoms with E-state index in [1.807, 2.05) is 24.5 Å². The molecular formula is C14H18N4O. The molecule has 0 amide bonds. The van der Waals surface area contributed by atoms with Gasteiger partial charge in [-0.15, -0.1) is 0 Å². The molecule has 0 atom stereocenters. The zero-order chi connectivity index (χ0) is 13.1. The van der Waals surface area contributed by atoms with Crippen LogP contribution < -0.4 is 5.32 Å². The Bertz CT molecular complexity index is 533. The molecule has 0 saturated heterocycles. The number of aromatic nitrogens is 3. The Hall–Kier alpha value is -1.72. The normalized spacial score (nSPS) is 17.1. The fourth-order valence-corrected chi connectivity index (χ4v) is 2.40. The van der Waals surface area contributed by atoms with Crippen molar-refractivity contribution in [1.29, 1.82) is 0 Å². The fraction of sp³-hybridized carbons (Fsp3) is 0.429. The van der Waals surface area contributed by atoms with Crippen molar-refractivity contribution in [2.75, 3.05) is 6.54 Å². The Balaban J connectivity index is 1.64. The second kappa shape index (κ2) is 5.11. The Labute approximate surface area is 112 Å². The molecule has 5 heteroatoms. The largest absolute Gasteiger partial charge is 0.389 e. The SMILES string of the molecule is OC1(CNCc2cn[nH]c2-c2cccnc2)CCC1. The molecule has 0 aliphatic heterocycles. The van der Waals surface area contributed by atoms with Crippen molar-refractivity contribution in [2.24, 2.45) is 0 Å². The summed E-state index contributed by atoms with van der Waals surface area (Å²) in [5.74, 6) is 0. The lowest BCUT2D eigenvalue weighted by Gasteiger charge is -2.36. The first-order valence-corrected chi connectivity index (χ1v) is 6.63. The van der Waals surface area contributed by atoms with Gasteiger partial charge in [0.15, 0.2) is 0 Å². The van der Waals surface area contributed by atoms with E-state index in [9.17, 15) is 5.11 Å². The molecule has 0 radical (unpaired) electrons. The molecule has 0 aromatic carbocycles. The number of H-pyrrole nitrogens is 1. The number of hydrogen-bond acceptors (Lipinski definition) is 4. The summed E-state index contributed by atoms with van der Waals surface area (Å²) in [5, 5.41) is 20.4. The molecule has 19 heavy (non-hydrogen) atoms. The van der Waals surface area contributed by atoms with Crippen molar-refractivity contribution in [1.82, 2.24) is 20.5 Å². The molecule has 0 spiro atoms. The molecule has 1 aliphatic carbocycles. The quantitative estimate of drug-likeness (QED) is 0.759. The number of rotatable bonds is 5. The third-order valence-electron chi connectivity index (χ3n) is 3.72. The third kappa shape index (κ3) is 2.67. The molecule has 3 N–H and O–H groups in total. The minimum atomic E-state index is -0.488. The molecule has 1 saturated carbocycles. The second-order valence-electron chi connectivity index (χ2n) is 5.19. The third-order valence-corrected chi connectivity index (χ3v) is 3.72. The van der Waals surface area contributed by atoms with Gasteiger partial charge in [-0.25, -0.2) is 0 Å². The van der Waals surface area contributed by atoms with Gasteiger partial charge in [0.05, 0.1) is 17.5 Å². The van der Waals surface area contributed by atoms with Crippen molar-refractivity contribution in [3.63, 3.8) is 0 Å². The highest BCUT2D eigenvalue weighted by Crippen LogP contribution is 2.30. The van der Waals surface area contributed by atoms with Crippen LogP contribution in [0.1, 0.15) is 24.8 Å². The zero-order valence-corrected chi connectivity index (χ0v) is 10.8. The maximum atomic E-state index is 10.0. The lowest BCUT2D eigenvalue weighted by Crippen LogP contribution is -2.45. The number of nitrogens with one attached hydrogen (secondary N) is 2. The van der Waals surface area contributed by atoms with E-state index in [0.717, 1.165) is 36.1 Å². The van der Waals surface area contributed by atoms with Crippen LogP contribution in [-0.4, -0.2) is 32.4 Å². The average Bonchev–Trinajstić information content (AvgIpc) is 2.86. The highest BCUT2D eigenvalue weighted by molar-refractivity contribution is 5.61. The standard InChI is InChI=1S/C14H18N4O/c19-14(4-2-5-14)10-16-8-12-9-17-18-13(12)11-3-1-6-15-7-11/h1,3,6-7,9,16,19H,2,4-5,8,10H2,(H,17,18). The molecule has 1 aliphatic rings. The molecule has 0 unspecified atom stereocenters. The summed E-state index contributed by atoms with van der Waals surface area (Å²) in [4.78, 5) is 4.12. The van der Waals surface area contributed by atoms with Crippen molar-refractivity contribution >= 4 is 0 Å². The van der Waals surface area contributed by atoms with Crippen LogP contribution in [0.4, 0.5) is 0 Å². The first-order chi connectivity index (χ1) is 9.27. The van der Waals surface area contributed by atoms with Crippen molar-refractivity contribution < 1.29 is 5.11 Å². The van der Waals surface area contributed by atoms with Gasteiger partial charge >= 0.3 is 0 Å². The summed E-state index contributed by atoms with van der Waals surface area (Å²) in [6.45, 7) is 1.34. The van der Waals surface area contributed by atoms with E-state index in [4.69, 9.17) is 0 Å². The van der Waals surface area contributed by atoms with E-state index in [1.165, 1.54) is 0 Å². The number of pyridine rings is 1. The van der Waals surface area contributed by atoms with E-state index in [0.29, 0.717) is 13.1 Å². The van der Waals surface area contributed by atoms with E-state index in [2.05, 4.69) is 20.5 Å². The van der Waals surface area contributed by atoms with Crippen molar-refractivity contribution in [3.8, 4) is 11.3 Å². The molecule has 2 aromatic rings. The molecule has 100 valence electrons. The van der Waals surface area contributed by atoms with Crippen LogP contribution in [0.3, 0.4) is 0 Å². The molecule has 2 aromatic heterocycles. The predicted molar refractivity (Wildman–Crippen MR) is 72.3 cm³/mol. The van der Waals surface area contributed by atoms with Gasteiger partial charge < -0.3 is 10.4 Å². The Morgan fingerprint density at radius 2 is 2.26 bits per heavy atom. The van der Waals surface area contributed by atoms with Crippen LogP contribution >= 0.6 is 0 Å². The maximum absolute atomic E-state index is 10.0. The summed E-state index contributed by atoms with van der Waals surface area (Å²) >= 11 is 0. The number of aliphatic hydroxyl groups is 1. The first-order valence-electron chi connectivity index (χ1n) is 6.63. The first kappa shape index (κ1) is 12.3. The van der Waals surface area contributed by atoms with E-state index < -0.39 is 5.60 Å². The van der Waals surface area contributed by atoms with Crippen LogP contribution in [0.25, 0.3) is 11.3 Å². The molecule has 5 nitrogen and oxygen atoms in total. The number of hydrogen-bond donors (Lipinski definition) is 3. The van der Waals surface area contributed by atoms with Gasteiger partial charge in [-0.3, -0.25) is 10.1 Å². The number of aromatic amines is 1.